The zero-order valence-electron chi connectivity index (χ0n) is 14.1. The van der Waals surface area contributed by atoms with Gasteiger partial charge in [0, 0.05) is 0 Å². The molecule has 23 heavy (non-hydrogen) atoms. The molecular weight excluding hydrogens is 280 g/mol. The lowest BCUT2D eigenvalue weighted by atomic mass is 9.94. The van der Waals surface area contributed by atoms with E-state index in [0.717, 1.165) is 19.3 Å². The highest BCUT2D eigenvalue weighted by atomic mass is 16.3. The summed E-state index contributed by atoms with van der Waals surface area (Å²) in [5, 5.41) is 10.1. The molecule has 0 bridgehead atoms. The Morgan fingerprint density at radius 1 is 0.870 bits per heavy atom. The summed E-state index contributed by atoms with van der Waals surface area (Å²) in [5.41, 5.74) is 2.61. The largest absolute Gasteiger partial charge is 0.393 e. The zero-order chi connectivity index (χ0) is 16.3. The van der Waals surface area contributed by atoms with E-state index < -0.39 is 0 Å². The third kappa shape index (κ3) is 6.83. The van der Waals surface area contributed by atoms with Gasteiger partial charge < -0.3 is 5.11 Å². The first-order valence-electron chi connectivity index (χ1n) is 8.70. The van der Waals surface area contributed by atoms with Crippen molar-refractivity contribution in [2.75, 3.05) is 0 Å². The molecule has 2 rings (SSSR count). The van der Waals surface area contributed by atoms with Crippen LogP contribution in [0.2, 0.25) is 0 Å². The Labute approximate surface area is 140 Å². The lowest BCUT2D eigenvalue weighted by Crippen LogP contribution is -2.04. The molecule has 0 fully saturated rings. The van der Waals surface area contributed by atoms with Crippen LogP contribution in [-0.2, 0) is 0 Å². The minimum absolute atomic E-state index is 0.220. The number of hydrogen-bond donors (Lipinski definition) is 1. The molecule has 0 aliphatic rings. The van der Waals surface area contributed by atoms with E-state index in [4.69, 9.17) is 0 Å². The van der Waals surface area contributed by atoms with Crippen molar-refractivity contribution >= 4 is 6.08 Å². The molecule has 0 aromatic heterocycles. The highest BCUT2D eigenvalue weighted by Crippen LogP contribution is 2.21. The van der Waals surface area contributed by atoms with E-state index in [1.807, 2.05) is 18.2 Å². The Hall–Kier alpha value is -1.86. The van der Waals surface area contributed by atoms with Gasteiger partial charge in [0.05, 0.1) is 6.10 Å². The van der Waals surface area contributed by atoms with Crippen LogP contribution in [-0.4, -0.2) is 11.2 Å². The predicted octanol–water partition coefficient (Wildman–Crippen LogP) is 5.81. The van der Waals surface area contributed by atoms with Crippen LogP contribution >= 0.6 is 0 Å². The third-order valence-corrected chi connectivity index (χ3v) is 4.31. The second-order valence-corrected chi connectivity index (χ2v) is 6.30. The van der Waals surface area contributed by atoms with Crippen LogP contribution in [0.3, 0.4) is 0 Å². The first-order valence-corrected chi connectivity index (χ1v) is 8.70. The molecule has 122 valence electrons. The van der Waals surface area contributed by atoms with Crippen LogP contribution in [0, 0.1) is 0 Å². The smallest absolute Gasteiger partial charge is 0.0574 e. The minimum Gasteiger partial charge on any atom is -0.393 e. The van der Waals surface area contributed by atoms with Gasteiger partial charge in [-0.15, -0.1) is 0 Å². The molecule has 2 aromatic rings. The van der Waals surface area contributed by atoms with Gasteiger partial charge in [0.2, 0.25) is 0 Å². The molecule has 0 amide bonds. The van der Waals surface area contributed by atoms with Crippen molar-refractivity contribution in [2.45, 2.75) is 51.0 Å². The molecule has 0 spiro atoms. The SMILES string of the molecule is CC(CCCCC(O)C/C=C/c1ccccc1)c1ccccc1. The summed E-state index contributed by atoms with van der Waals surface area (Å²) in [4.78, 5) is 0. The summed E-state index contributed by atoms with van der Waals surface area (Å²) in [6, 6.07) is 20.9. The van der Waals surface area contributed by atoms with Gasteiger partial charge in [0.15, 0.2) is 0 Å². The predicted molar refractivity (Wildman–Crippen MR) is 99.4 cm³/mol. The molecule has 1 heteroatoms. The summed E-state index contributed by atoms with van der Waals surface area (Å²) in [7, 11) is 0. The first kappa shape index (κ1) is 17.5. The van der Waals surface area contributed by atoms with E-state index in [1.54, 1.807) is 0 Å². The number of aliphatic hydroxyl groups is 1. The van der Waals surface area contributed by atoms with Crippen LogP contribution in [0.5, 0.6) is 0 Å². The fraction of sp³-hybridized carbons (Fsp3) is 0.364. The highest BCUT2D eigenvalue weighted by Gasteiger charge is 2.06. The summed E-state index contributed by atoms with van der Waals surface area (Å²) in [5.74, 6) is 0.603. The maximum Gasteiger partial charge on any atom is 0.0574 e. The van der Waals surface area contributed by atoms with Gasteiger partial charge in [-0.05, 0) is 36.3 Å². The Bertz CT molecular complexity index is 559. The first-order chi connectivity index (χ1) is 11.3. The van der Waals surface area contributed by atoms with Crippen LogP contribution in [0.15, 0.2) is 66.7 Å². The van der Waals surface area contributed by atoms with Gasteiger partial charge in [-0.1, -0.05) is 92.6 Å². The highest BCUT2D eigenvalue weighted by molar-refractivity contribution is 5.48. The molecule has 0 saturated heterocycles. The average molecular weight is 308 g/mol. The van der Waals surface area contributed by atoms with E-state index >= 15 is 0 Å². The number of aliphatic hydroxyl groups excluding tert-OH is 1. The van der Waals surface area contributed by atoms with Crippen molar-refractivity contribution < 1.29 is 5.11 Å². The molecule has 1 N–H and O–H groups in total. The monoisotopic (exact) mass is 308 g/mol. The average Bonchev–Trinajstić information content (AvgIpc) is 2.60. The van der Waals surface area contributed by atoms with Crippen molar-refractivity contribution in [3.8, 4) is 0 Å². The fourth-order valence-electron chi connectivity index (χ4n) is 2.82. The van der Waals surface area contributed by atoms with Crippen molar-refractivity contribution in [3.05, 3.63) is 77.9 Å². The van der Waals surface area contributed by atoms with E-state index in [1.165, 1.54) is 24.0 Å². The molecule has 0 heterocycles. The second-order valence-electron chi connectivity index (χ2n) is 6.30. The third-order valence-electron chi connectivity index (χ3n) is 4.31. The zero-order valence-corrected chi connectivity index (χ0v) is 14.1. The summed E-state index contributed by atoms with van der Waals surface area (Å²) < 4.78 is 0. The van der Waals surface area contributed by atoms with Gasteiger partial charge in [-0.3, -0.25) is 0 Å². The van der Waals surface area contributed by atoms with Gasteiger partial charge in [-0.2, -0.15) is 0 Å². The minimum atomic E-state index is -0.220. The van der Waals surface area contributed by atoms with Crippen molar-refractivity contribution in [1.29, 1.82) is 0 Å². The van der Waals surface area contributed by atoms with Crippen molar-refractivity contribution in [2.24, 2.45) is 0 Å². The van der Waals surface area contributed by atoms with Crippen LogP contribution in [0.4, 0.5) is 0 Å². The maximum absolute atomic E-state index is 10.1. The number of hydrogen-bond acceptors (Lipinski definition) is 1. The molecule has 2 aromatic carbocycles. The summed E-state index contributed by atoms with van der Waals surface area (Å²) >= 11 is 0. The fourth-order valence-corrected chi connectivity index (χ4v) is 2.82. The number of benzene rings is 2. The molecular formula is C22H28O. The molecule has 1 nitrogen and oxygen atoms in total. The van der Waals surface area contributed by atoms with E-state index in [9.17, 15) is 5.11 Å². The maximum atomic E-state index is 10.1. The van der Waals surface area contributed by atoms with Crippen molar-refractivity contribution in [1.82, 2.24) is 0 Å². The molecule has 0 radical (unpaired) electrons. The molecule has 0 aliphatic heterocycles. The Kier molecular flexibility index (Phi) is 7.62. The Morgan fingerprint density at radius 3 is 2.17 bits per heavy atom. The van der Waals surface area contributed by atoms with Crippen LogP contribution < -0.4 is 0 Å². The molecule has 0 aliphatic carbocycles. The summed E-state index contributed by atoms with van der Waals surface area (Å²) in [6.07, 6.45) is 9.03. The van der Waals surface area contributed by atoms with E-state index in [-0.39, 0.29) is 6.10 Å². The lowest BCUT2D eigenvalue weighted by molar-refractivity contribution is 0.164. The molecule has 0 saturated carbocycles. The van der Waals surface area contributed by atoms with E-state index in [0.29, 0.717) is 5.92 Å². The van der Waals surface area contributed by atoms with Gasteiger partial charge in [-0.25, -0.2) is 0 Å². The topological polar surface area (TPSA) is 20.2 Å². The quantitative estimate of drug-likeness (QED) is 0.579. The van der Waals surface area contributed by atoms with E-state index in [2.05, 4.69) is 61.5 Å². The normalized spacial score (nSPS) is 14.0. The van der Waals surface area contributed by atoms with Crippen LogP contribution in [0.25, 0.3) is 6.08 Å². The standard InChI is InChI=1S/C22H28O/c1-19(21-15-6-3-7-16-21)11-8-9-17-22(23)18-10-14-20-12-4-2-5-13-20/h2-7,10,12-16,19,22-23H,8-9,11,17-18H2,1H3/b14-10+. The molecule has 2 atom stereocenters. The molecule has 2 unspecified atom stereocenters. The Balaban J connectivity index is 1.60. The van der Waals surface area contributed by atoms with Crippen LogP contribution in [0.1, 0.15) is 56.1 Å². The second kappa shape index (κ2) is 10.0. The Morgan fingerprint density at radius 2 is 1.48 bits per heavy atom. The lowest BCUT2D eigenvalue weighted by Gasteiger charge is -2.12. The van der Waals surface area contributed by atoms with Crippen molar-refractivity contribution in [3.63, 3.8) is 0 Å². The number of rotatable bonds is 9. The van der Waals surface area contributed by atoms with Gasteiger partial charge in [0.25, 0.3) is 0 Å². The number of unbranched alkanes of at least 4 members (excludes halogenated alkanes) is 1. The van der Waals surface area contributed by atoms with Gasteiger partial charge >= 0.3 is 0 Å². The van der Waals surface area contributed by atoms with Gasteiger partial charge in [0.1, 0.15) is 0 Å². The summed E-state index contributed by atoms with van der Waals surface area (Å²) in [6.45, 7) is 2.29.